The number of aliphatic hydroxyl groups is 1. The lowest BCUT2D eigenvalue weighted by atomic mass is 10.1. The first-order chi connectivity index (χ1) is 14.6. The molecule has 1 aromatic heterocycles. The quantitative estimate of drug-likeness (QED) is 0.534. The van der Waals surface area contributed by atoms with Gasteiger partial charge in [-0.05, 0) is 36.8 Å². The van der Waals surface area contributed by atoms with Gasteiger partial charge in [-0.2, -0.15) is 0 Å². The fraction of sp³-hybridized carbons (Fsp3) is 0.304. The number of thiazole rings is 1. The van der Waals surface area contributed by atoms with Crippen molar-refractivity contribution in [3.05, 3.63) is 81.3 Å². The van der Waals surface area contributed by atoms with Crippen molar-refractivity contribution >= 4 is 17.2 Å². The zero-order valence-corrected chi connectivity index (χ0v) is 18.0. The summed E-state index contributed by atoms with van der Waals surface area (Å²) in [5.41, 5.74) is 3.46. The summed E-state index contributed by atoms with van der Waals surface area (Å²) in [6.07, 6.45) is 0. The molecule has 0 saturated heterocycles. The Kier molecular flexibility index (Phi) is 7.96. The van der Waals surface area contributed by atoms with Crippen molar-refractivity contribution in [2.24, 2.45) is 0 Å². The summed E-state index contributed by atoms with van der Waals surface area (Å²) >= 11 is 1.46. The Morgan fingerprint density at radius 3 is 2.50 bits per heavy atom. The predicted molar refractivity (Wildman–Crippen MR) is 117 cm³/mol. The molecule has 1 amide bonds. The molecule has 2 aromatic carbocycles. The number of hydrogen-bond donors (Lipinski definition) is 1. The van der Waals surface area contributed by atoms with Crippen LogP contribution in [0.5, 0.6) is 5.75 Å². The van der Waals surface area contributed by atoms with Crippen LogP contribution in [0.4, 0.5) is 0 Å². The zero-order chi connectivity index (χ0) is 21.3. The molecule has 0 fully saturated rings. The van der Waals surface area contributed by atoms with Gasteiger partial charge >= 0.3 is 0 Å². The molecule has 3 rings (SSSR count). The molecule has 30 heavy (non-hydrogen) atoms. The molecule has 0 aliphatic rings. The monoisotopic (exact) mass is 426 g/mol. The molecular weight excluding hydrogens is 400 g/mol. The fourth-order valence-corrected chi connectivity index (χ4v) is 3.57. The highest BCUT2D eigenvalue weighted by Gasteiger charge is 2.16. The number of aryl methyl sites for hydroxylation is 1. The third-order valence-corrected chi connectivity index (χ3v) is 5.44. The highest BCUT2D eigenvalue weighted by Crippen LogP contribution is 2.18. The van der Waals surface area contributed by atoms with Gasteiger partial charge in [0.15, 0.2) is 0 Å². The number of nitrogens with zero attached hydrogens (tertiary/aromatic N) is 2. The SMILES string of the molecule is COCCN(Cc1ccc(OCc2nc(CO)cs2)cc1)C(=O)c1ccc(C)cc1. The molecule has 3 aromatic rings. The Bertz CT molecular complexity index is 939. The van der Waals surface area contributed by atoms with Crippen molar-refractivity contribution in [2.75, 3.05) is 20.3 Å². The highest BCUT2D eigenvalue weighted by atomic mass is 32.1. The van der Waals surface area contributed by atoms with Gasteiger partial charge in [0.25, 0.3) is 5.91 Å². The Morgan fingerprint density at radius 1 is 1.13 bits per heavy atom. The van der Waals surface area contributed by atoms with E-state index in [0.29, 0.717) is 37.6 Å². The number of hydrogen-bond acceptors (Lipinski definition) is 6. The van der Waals surface area contributed by atoms with Crippen LogP contribution in [0.1, 0.15) is 32.2 Å². The molecule has 0 aliphatic carbocycles. The van der Waals surface area contributed by atoms with Crippen LogP contribution in [0.25, 0.3) is 0 Å². The number of methoxy groups -OCH3 is 1. The second kappa shape index (κ2) is 10.9. The maximum atomic E-state index is 12.9. The van der Waals surface area contributed by atoms with E-state index in [2.05, 4.69) is 4.98 Å². The molecule has 0 radical (unpaired) electrons. The van der Waals surface area contributed by atoms with Gasteiger partial charge in [-0.1, -0.05) is 29.8 Å². The summed E-state index contributed by atoms with van der Waals surface area (Å²) in [6.45, 7) is 3.77. The van der Waals surface area contributed by atoms with E-state index in [1.54, 1.807) is 12.0 Å². The van der Waals surface area contributed by atoms with Gasteiger partial charge in [0, 0.05) is 31.1 Å². The van der Waals surface area contributed by atoms with E-state index < -0.39 is 0 Å². The van der Waals surface area contributed by atoms with Gasteiger partial charge < -0.3 is 19.5 Å². The molecule has 1 heterocycles. The summed E-state index contributed by atoms with van der Waals surface area (Å²) in [7, 11) is 1.63. The van der Waals surface area contributed by atoms with Crippen LogP contribution in [0.3, 0.4) is 0 Å². The van der Waals surface area contributed by atoms with Crippen LogP contribution in [-0.4, -0.2) is 41.2 Å². The van der Waals surface area contributed by atoms with Crippen LogP contribution in [0.2, 0.25) is 0 Å². The number of aliphatic hydroxyl groups excluding tert-OH is 1. The Labute approximate surface area is 180 Å². The predicted octanol–water partition coefficient (Wildman–Crippen LogP) is 3.81. The van der Waals surface area contributed by atoms with Gasteiger partial charge in [0.05, 0.1) is 18.9 Å². The molecule has 0 atom stereocenters. The summed E-state index contributed by atoms with van der Waals surface area (Å²) in [5.74, 6) is 0.712. The van der Waals surface area contributed by atoms with Gasteiger partial charge in [0.2, 0.25) is 0 Å². The number of rotatable bonds is 10. The Balaban J connectivity index is 1.62. The number of carbonyl (C=O) groups excluding carboxylic acids is 1. The first kappa shape index (κ1) is 22.0. The van der Waals surface area contributed by atoms with E-state index >= 15 is 0 Å². The minimum absolute atomic E-state index is 0.0177. The fourth-order valence-electron chi connectivity index (χ4n) is 2.88. The van der Waals surface area contributed by atoms with E-state index in [1.807, 2.05) is 60.8 Å². The summed E-state index contributed by atoms with van der Waals surface area (Å²) in [6, 6.07) is 15.3. The molecule has 6 nitrogen and oxygen atoms in total. The zero-order valence-electron chi connectivity index (χ0n) is 17.2. The lowest BCUT2D eigenvalue weighted by Gasteiger charge is -2.23. The first-order valence-corrected chi connectivity index (χ1v) is 10.6. The van der Waals surface area contributed by atoms with E-state index in [1.165, 1.54) is 11.3 Å². The van der Waals surface area contributed by atoms with Crippen molar-refractivity contribution in [3.8, 4) is 5.75 Å². The Morgan fingerprint density at radius 2 is 1.87 bits per heavy atom. The lowest BCUT2D eigenvalue weighted by molar-refractivity contribution is 0.0680. The summed E-state index contributed by atoms with van der Waals surface area (Å²) in [5, 5.41) is 11.7. The second-order valence-corrected chi connectivity index (χ2v) is 7.85. The van der Waals surface area contributed by atoms with Crippen molar-refractivity contribution in [1.82, 2.24) is 9.88 Å². The van der Waals surface area contributed by atoms with E-state index in [9.17, 15) is 4.79 Å². The molecule has 0 bridgehead atoms. The average molecular weight is 427 g/mol. The number of carbonyl (C=O) groups is 1. The van der Waals surface area contributed by atoms with Crippen molar-refractivity contribution in [1.29, 1.82) is 0 Å². The van der Waals surface area contributed by atoms with Gasteiger partial charge in [0.1, 0.15) is 17.4 Å². The maximum absolute atomic E-state index is 12.9. The van der Waals surface area contributed by atoms with Crippen LogP contribution in [-0.2, 0) is 24.5 Å². The number of amides is 1. The van der Waals surface area contributed by atoms with Crippen LogP contribution in [0, 0.1) is 6.92 Å². The minimum Gasteiger partial charge on any atom is -0.486 e. The summed E-state index contributed by atoms with van der Waals surface area (Å²) < 4.78 is 11.0. The van der Waals surface area contributed by atoms with Crippen LogP contribution in [0.15, 0.2) is 53.9 Å². The summed E-state index contributed by atoms with van der Waals surface area (Å²) in [4.78, 5) is 19.0. The smallest absolute Gasteiger partial charge is 0.254 e. The van der Waals surface area contributed by atoms with Gasteiger partial charge in [-0.3, -0.25) is 4.79 Å². The van der Waals surface area contributed by atoms with Gasteiger partial charge in [-0.25, -0.2) is 4.98 Å². The molecule has 158 valence electrons. The van der Waals surface area contributed by atoms with Crippen molar-refractivity contribution < 1.29 is 19.4 Å². The largest absolute Gasteiger partial charge is 0.486 e. The van der Waals surface area contributed by atoms with E-state index in [0.717, 1.165) is 21.9 Å². The Hall–Kier alpha value is -2.74. The first-order valence-electron chi connectivity index (χ1n) is 9.70. The number of benzene rings is 2. The molecule has 0 spiro atoms. The van der Waals surface area contributed by atoms with Gasteiger partial charge in [-0.15, -0.1) is 11.3 Å². The lowest BCUT2D eigenvalue weighted by Crippen LogP contribution is -2.33. The number of ether oxygens (including phenoxy) is 2. The third-order valence-electron chi connectivity index (χ3n) is 4.57. The molecule has 0 saturated carbocycles. The highest BCUT2D eigenvalue weighted by molar-refractivity contribution is 7.09. The van der Waals surface area contributed by atoms with Crippen molar-refractivity contribution in [3.63, 3.8) is 0 Å². The number of aromatic nitrogens is 1. The normalized spacial score (nSPS) is 10.8. The van der Waals surface area contributed by atoms with E-state index in [-0.39, 0.29) is 12.5 Å². The molecule has 0 unspecified atom stereocenters. The molecule has 7 heteroatoms. The topological polar surface area (TPSA) is 71.9 Å². The second-order valence-electron chi connectivity index (χ2n) is 6.91. The van der Waals surface area contributed by atoms with Crippen LogP contribution >= 0.6 is 11.3 Å². The van der Waals surface area contributed by atoms with E-state index in [4.69, 9.17) is 14.6 Å². The van der Waals surface area contributed by atoms with Crippen molar-refractivity contribution in [2.45, 2.75) is 26.7 Å². The van der Waals surface area contributed by atoms with Crippen LogP contribution < -0.4 is 4.74 Å². The average Bonchev–Trinajstić information content (AvgIpc) is 3.24. The standard InChI is InChI=1S/C23H26N2O4S/c1-17-3-7-19(8-4-17)23(27)25(11-12-28-2)13-18-5-9-21(10-6-18)29-15-22-24-20(14-26)16-30-22/h3-10,16,26H,11-15H2,1-2H3. The minimum atomic E-state index is -0.0634. The molecule has 1 N–H and O–H groups in total. The third kappa shape index (κ3) is 6.13. The maximum Gasteiger partial charge on any atom is 0.254 e. The molecular formula is C23H26N2O4S. The molecule has 0 aliphatic heterocycles.